The Morgan fingerprint density at radius 2 is 1.47 bits per heavy atom. The molecule has 1 aliphatic heterocycles. The predicted octanol–water partition coefficient (Wildman–Crippen LogP) is 7.03. The number of hydroxylamine groups is 1. The first-order valence-electron chi connectivity index (χ1n) is 17.3. The summed E-state index contributed by atoms with van der Waals surface area (Å²) in [5.41, 5.74) is 6.71. The van der Waals surface area contributed by atoms with Crippen molar-refractivity contribution in [3.8, 4) is 0 Å². The van der Waals surface area contributed by atoms with E-state index in [1.165, 1.54) is 16.3 Å². The molecule has 1 aliphatic rings. The molecule has 4 atom stereocenters. The number of aliphatic hydroxyl groups is 1. The lowest BCUT2D eigenvalue weighted by molar-refractivity contribution is -0.253. The Morgan fingerprint density at radius 3 is 2.16 bits per heavy atom. The summed E-state index contributed by atoms with van der Waals surface area (Å²) in [7, 11) is 2.14. The second kappa shape index (κ2) is 18.0. The zero-order chi connectivity index (χ0) is 34.6. The van der Waals surface area contributed by atoms with E-state index in [0.717, 1.165) is 48.1 Å². The fourth-order valence-corrected chi connectivity index (χ4v) is 6.30. The van der Waals surface area contributed by atoms with Crippen LogP contribution >= 0.6 is 0 Å². The minimum Gasteiger partial charge on any atom is -0.392 e. The summed E-state index contributed by atoms with van der Waals surface area (Å²) in [6.07, 6.45) is 3.74. The molecule has 0 spiro atoms. The molecule has 0 saturated carbocycles. The first-order valence-corrected chi connectivity index (χ1v) is 17.3. The van der Waals surface area contributed by atoms with E-state index in [9.17, 15) is 14.7 Å². The molecule has 0 aliphatic carbocycles. The quantitative estimate of drug-likeness (QED) is 0.0575. The highest BCUT2D eigenvalue weighted by Crippen LogP contribution is 2.39. The van der Waals surface area contributed by atoms with Gasteiger partial charge in [0.2, 0.25) is 11.8 Å². The van der Waals surface area contributed by atoms with E-state index in [1.807, 2.05) is 48.5 Å². The summed E-state index contributed by atoms with van der Waals surface area (Å²) in [4.78, 5) is 25.8. The Bertz CT molecular complexity index is 1640. The van der Waals surface area contributed by atoms with Gasteiger partial charge in [-0.1, -0.05) is 97.8 Å². The summed E-state index contributed by atoms with van der Waals surface area (Å²) < 4.78 is 13.2. The zero-order valence-electron chi connectivity index (χ0n) is 28.5. The molecular formula is C40H49N3O6. The number of hydrogen-bond donors (Lipinski definition) is 4. The van der Waals surface area contributed by atoms with Crippen LogP contribution in [0.5, 0.6) is 0 Å². The molecule has 4 N–H and O–H groups in total. The Balaban J connectivity index is 1.19. The molecule has 0 bridgehead atoms. The summed E-state index contributed by atoms with van der Waals surface area (Å²) in [6, 6.07) is 31.2. The van der Waals surface area contributed by atoms with Gasteiger partial charge in [0.15, 0.2) is 6.29 Å². The Kier molecular flexibility index (Phi) is 13.3. The van der Waals surface area contributed by atoms with Crippen LogP contribution in [0.3, 0.4) is 0 Å². The highest BCUT2D eigenvalue weighted by molar-refractivity contribution is 5.83. The number of aliphatic hydroxyl groups excluding tert-OH is 1. The molecule has 49 heavy (non-hydrogen) atoms. The topological polar surface area (TPSA) is 120 Å². The third-order valence-electron chi connectivity index (χ3n) is 9.45. The number of fused-ring (bicyclic) bond motifs is 1. The van der Waals surface area contributed by atoms with Gasteiger partial charge in [-0.15, -0.1) is 0 Å². The van der Waals surface area contributed by atoms with Crippen LogP contribution in [0.15, 0.2) is 91.0 Å². The number of hydrogen-bond acceptors (Lipinski definition) is 7. The Morgan fingerprint density at radius 1 is 0.816 bits per heavy atom. The lowest BCUT2D eigenvalue weighted by Gasteiger charge is -2.39. The number of ether oxygens (including phenoxy) is 2. The highest BCUT2D eigenvalue weighted by atomic mass is 16.7. The number of rotatable bonds is 16. The lowest BCUT2D eigenvalue weighted by atomic mass is 9.98. The van der Waals surface area contributed by atoms with Crippen molar-refractivity contribution in [1.82, 2.24) is 15.7 Å². The summed E-state index contributed by atoms with van der Waals surface area (Å²) in [6.45, 7) is 3.38. The van der Waals surface area contributed by atoms with Crippen molar-refractivity contribution in [3.63, 3.8) is 0 Å². The smallest absolute Gasteiger partial charge is 0.243 e. The van der Waals surface area contributed by atoms with Crippen molar-refractivity contribution in [1.29, 1.82) is 0 Å². The highest BCUT2D eigenvalue weighted by Gasteiger charge is 2.33. The van der Waals surface area contributed by atoms with Gasteiger partial charge in [-0.3, -0.25) is 19.7 Å². The number of benzene rings is 4. The zero-order valence-corrected chi connectivity index (χ0v) is 28.5. The monoisotopic (exact) mass is 667 g/mol. The van der Waals surface area contributed by atoms with Crippen molar-refractivity contribution >= 4 is 22.6 Å². The van der Waals surface area contributed by atoms with Crippen molar-refractivity contribution in [2.24, 2.45) is 0 Å². The van der Waals surface area contributed by atoms with Gasteiger partial charge in [0, 0.05) is 44.0 Å². The Labute approximate surface area is 289 Å². The minimum absolute atomic E-state index is 0.00217. The fraction of sp³-hybridized carbons (Fsp3) is 0.400. The largest absolute Gasteiger partial charge is 0.392 e. The predicted molar refractivity (Wildman–Crippen MR) is 189 cm³/mol. The number of carbonyl (C=O) groups is 2. The van der Waals surface area contributed by atoms with Crippen LogP contribution in [-0.2, 0) is 32.2 Å². The van der Waals surface area contributed by atoms with Gasteiger partial charge in [0.1, 0.15) is 0 Å². The summed E-state index contributed by atoms with van der Waals surface area (Å²) in [5, 5.41) is 23.6. The van der Waals surface area contributed by atoms with Crippen LogP contribution in [-0.4, -0.2) is 46.7 Å². The molecular weight excluding hydrogens is 618 g/mol. The van der Waals surface area contributed by atoms with Gasteiger partial charge in [-0.05, 0) is 65.9 Å². The van der Waals surface area contributed by atoms with Gasteiger partial charge < -0.3 is 19.9 Å². The Hall–Kier alpha value is -4.12. The number of carbonyl (C=O) groups excluding carboxylic acids is 2. The van der Waals surface area contributed by atoms with Gasteiger partial charge >= 0.3 is 0 Å². The molecule has 9 heteroatoms. The molecule has 0 aromatic heterocycles. The van der Waals surface area contributed by atoms with E-state index in [1.54, 1.807) is 5.48 Å². The fourth-order valence-electron chi connectivity index (χ4n) is 6.30. The molecule has 1 heterocycles. The van der Waals surface area contributed by atoms with Crippen LogP contribution in [0.2, 0.25) is 0 Å². The van der Waals surface area contributed by atoms with Crippen molar-refractivity contribution < 1.29 is 29.4 Å². The first-order chi connectivity index (χ1) is 23.8. The van der Waals surface area contributed by atoms with E-state index in [0.29, 0.717) is 25.8 Å². The van der Waals surface area contributed by atoms with Crippen molar-refractivity contribution in [2.75, 3.05) is 13.6 Å². The van der Waals surface area contributed by atoms with Crippen molar-refractivity contribution in [3.05, 3.63) is 119 Å². The number of likely N-dealkylation sites (N-methyl/N-ethyl adjacent to an activating group) is 1. The van der Waals surface area contributed by atoms with Gasteiger partial charge in [-0.25, -0.2) is 5.48 Å². The van der Waals surface area contributed by atoms with Crippen LogP contribution in [0, 0.1) is 0 Å². The number of amides is 2. The standard InChI is InChI=1S/C40H49N3O6/c1-28(34-22-21-31-9-7-8-10-35(31)23-34)43(2)26-36-24-37(32-17-15-30(27-44)16-18-32)49-40(48-36)33-19-13-29(14-20-33)25-41-38(45)11-5-3-4-6-12-39(46)42-47/h7-10,13-23,28,36-37,40,44,47H,3-6,11-12,24-27H2,1-2H3,(H,41,45)(H,42,46). The van der Waals surface area contributed by atoms with Crippen LogP contribution in [0.1, 0.15) is 98.1 Å². The second-order valence-electron chi connectivity index (χ2n) is 13.0. The normalized spacial score (nSPS) is 18.3. The number of nitrogens with zero attached hydrogens (tertiary/aromatic N) is 1. The van der Waals surface area contributed by atoms with Gasteiger partial charge in [0.05, 0.1) is 18.8 Å². The number of nitrogens with one attached hydrogen (secondary N) is 2. The maximum absolute atomic E-state index is 12.4. The molecule has 5 rings (SSSR count). The molecule has 0 radical (unpaired) electrons. The average Bonchev–Trinajstić information content (AvgIpc) is 3.14. The molecule has 1 fully saturated rings. The summed E-state index contributed by atoms with van der Waals surface area (Å²) >= 11 is 0. The van der Waals surface area contributed by atoms with E-state index < -0.39 is 6.29 Å². The lowest BCUT2D eigenvalue weighted by Crippen LogP contribution is -2.38. The molecule has 4 aromatic carbocycles. The van der Waals surface area contributed by atoms with Crippen LogP contribution in [0.4, 0.5) is 0 Å². The molecule has 2 amide bonds. The summed E-state index contributed by atoms with van der Waals surface area (Å²) in [5.74, 6) is -0.385. The van der Waals surface area contributed by atoms with Crippen LogP contribution in [0.25, 0.3) is 10.8 Å². The van der Waals surface area contributed by atoms with Crippen molar-refractivity contribution in [2.45, 2.75) is 89.6 Å². The second-order valence-corrected chi connectivity index (χ2v) is 13.0. The van der Waals surface area contributed by atoms with Gasteiger partial charge in [-0.2, -0.15) is 0 Å². The van der Waals surface area contributed by atoms with E-state index >= 15 is 0 Å². The molecule has 1 saturated heterocycles. The van der Waals surface area contributed by atoms with Crippen LogP contribution < -0.4 is 10.8 Å². The maximum Gasteiger partial charge on any atom is 0.243 e. The molecule has 9 nitrogen and oxygen atoms in total. The SMILES string of the molecule is CC(c1ccc2ccccc2c1)N(C)CC1CC(c2ccc(CO)cc2)OC(c2ccc(CNC(=O)CCCCCCC(=O)NO)cc2)O1. The minimum atomic E-state index is -0.558. The molecule has 4 unspecified atom stereocenters. The van der Waals surface area contributed by atoms with E-state index in [-0.39, 0.29) is 43.1 Å². The van der Waals surface area contributed by atoms with E-state index in [2.05, 4.69) is 66.7 Å². The van der Waals surface area contributed by atoms with Gasteiger partial charge in [0.25, 0.3) is 0 Å². The molecule has 4 aromatic rings. The maximum atomic E-state index is 12.4. The average molecular weight is 668 g/mol. The molecule has 260 valence electrons. The third-order valence-corrected chi connectivity index (χ3v) is 9.45. The first kappa shape index (κ1) is 36.2. The number of unbranched alkanes of at least 4 members (excludes halogenated alkanes) is 3. The van der Waals surface area contributed by atoms with E-state index in [4.69, 9.17) is 14.7 Å². The third kappa shape index (κ3) is 10.4.